The predicted octanol–water partition coefficient (Wildman–Crippen LogP) is 2.92. The molecule has 0 saturated heterocycles. The van der Waals surface area contributed by atoms with Gasteiger partial charge in [-0.15, -0.1) is 0 Å². The van der Waals surface area contributed by atoms with E-state index in [1.165, 1.54) is 51.4 Å². The van der Waals surface area contributed by atoms with E-state index in [1.54, 1.807) is 6.42 Å². The largest absolute Gasteiger partial charge is 0.336 e. The van der Waals surface area contributed by atoms with Crippen LogP contribution in [-0.2, 0) is 4.79 Å². The summed E-state index contributed by atoms with van der Waals surface area (Å²) in [5.41, 5.74) is 0. The van der Waals surface area contributed by atoms with Crippen molar-refractivity contribution in [1.29, 1.82) is 0 Å². The Morgan fingerprint density at radius 3 is 1.73 bits per heavy atom. The second-order valence-corrected chi connectivity index (χ2v) is 4.91. The summed E-state index contributed by atoms with van der Waals surface area (Å²) in [5, 5.41) is 0. The molecule has 1 radical (unpaired) electrons. The summed E-state index contributed by atoms with van der Waals surface area (Å²) in [6, 6.07) is 1.11. The minimum Gasteiger partial charge on any atom is -0.336 e. The summed E-state index contributed by atoms with van der Waals surface area (Å²) in [6.07, 6.45) is 11.9. The van der Waals surface area contributed by atoms with E-state index in [4.69, 9.17) is 0 Å². The van der Waals surface area contributed by atoms with Crippen LogP contribution in [0.25, 0.3) is 0 Å². The van der Waals surface area contributed by atoms with E-state index in [9.17, 15) is 4.79 Å². The van der Waals surface area contributed by atoms with Gasteiger partial charge in [-0.1, -0.05) is 32.6 Å². The predicted molar refractivity (Wildman–Crippen MR) is 61.3 cm³/mol. The van der Waals surface area contributed by atoms with Crippen molar-refractivity contribution in [2.45, 2.75) is 70.4 Å². The smallest absolute Gasteiger partial charge is 0.226 e. The molecule has 0 aromatic carbocycles. The van der Waals surface area contributed by atoms with Crippen molar-refractivity contribution in [2.24, 2.45) is 0 Å². The lowest BCUT2D eigenvalue weighted by atomic mass is 10.1. The van der Waals surface area contributed by atoms with Crippen molar-refractivity contribution in [2.75, 3.05) is 0 Å². The first-order valence-electron chi connectivity index (χ1n) is 6.44. The Hall–Kier alpha value is -0.530. The number of rotatable bonds is 3. The van der Waals surface area contributed by atoms with Crippen molar-refractivity contribution in [3.8, 4) is 0 Å². The van der Waals surface area contributed by atoms with Gasteiger partial charge in [0.25, 0.3) is 0 Å². The Bertz CT molecular complexity index is 199. The Morgan fingerprint density at radius 2 is 1.40 bits per heavy atom. The molecule has 2 heteroatoms. The standard InChI is InChI=1S/C13H22NO/c1-2-13(15)14(11-7-3-4-8-11)12-9-5-6-10-12/h2,11-12H,3-10H2,1H3. The van der Waals surface area contributed by atoms with Crippen LogP contribution in [0, 0.1) is 6.42 Å². The topological polar surface area (TPSA) is 20.3 Å². The third-order valence-electron chi connectivity index (χ3n) is 3.94. The van der Waals surface area contributed by atoms with Crippen LogP contribution in [0.3, 0.4) is 0 Å². The Labute approximate surface area is 93.0 Å². The maximum absolute atomic E-state index is 12.0. The lowest BCUT2D eigenvalue weighted by Crippen LogP contribution is -2.45. The average molecular weight is 208 g/mol. The highest BCUT2D eigenvalue weighted by Crippen LogP contribution is 2.31. The molecule has 85 valence electrons. The molecule has 0 N–H and O–H groups in total. The summed E-state index contributed by atoms with van der Waals surface area (Å²) >= 11 is 0. The molecule has 0 bridgehead atoms. The number of amides is 1. The van der Waals surface area contributed by atoms with Gasteiger partial charge in [-0.25, -0.2) is 0 Å². The SMILES string of the molecule is C[CH]C(=O)N(C1CCCC1)C1CCCC1. The van der Waals surface area contributed by atoms with Gasteiger partial charge in [-0.05, 0) is 25.7 Å². The molecule has 0 aromatic heterocycles. The normalized spacial score (nSPS) is 23.5. The number of hydrogen-bond donors (Lipinski definition) is 0. The highest BCUT2D eigenvalue weighted by Gasteiger charge is 2.32. The Kier molecular flexibility index (Phi) is 3.66. The number of nitrogens with zero attached hydrogens (tertiary/aromatic N) is 1. The minimum absolute atomic E-state index is 0.272. The van der Waals surface area contributed by atoms with Gasteiger partial charge in [-0.3, -0.25) is 4.79 Å². The van der Waals surface area contributed by atoms with Crippen LogP contribution < -0.4 is 0 Å². The fourth-order valence-corrected chi connectivity index (χ4v) is 3.17. The molecule has 0 heterocycles. The summed E-state index contributed by atoms with van der Waals surface area (Å²) in [4.78, 5) is 14.2. The third kappa shape index (κ3) is 2.35. The molecule has 0 unspecified atom stereocenters. The molecule has 2 aliphatic rings. The quantitative estimate of drug-likeness (QED) is 0.698. The van der Waals surface area contributed by atoms with E-state index < -0.39 is 0 Å². The van der Waals surface area contributed by atoms with Crippen LogP contribution in [0.5, 0.6) is 0 Å². The van der Waals surface area contributed by atoms with Crippen LogP contribution in [0.2, 0.25) is 0 Å². The van der Waals surface area contributed by atoms with Gasteiger partial charge in [-0.2, -0.15) is 0 Å². The lowest BCUT2D eigenvalue weighted by Gasteiger charge is -2.34. The minimum atomic E-state index is 0.272. The van der Waals surface area contributed by atoms with Crippen LogP contribution in [0.1, 0.15) is 58.3 Å². The zero-order valence-electron chi connectivity index (χ0n) is 9.74. The van der Waals surface area contributed by atoms with E-state index in [2.05, 4.69) is 4.90 Å². The third-order valence-corrected chi connectivity index (χ3v) is 3.94. The first kappa shape index (κ1) is 11.0. The van der Waals surface area contributed by atoms with Crippen molar-refractivity contribution in [1.82, 2.24) is 4.90 Å². The second kappa shape index (κ2) is 5.00. The molecule has 2 rings (SSSR count). The summed E-state index contributed by atoms with van der Waals surface area (Å²) in [6.45, 7) is 1.87. The van der Waals surface area contributed by atoms with Crippen LogP contribution in [-0.4, -0.2) is 22.9 Å². The monoisotopic (exact) mass is 208 g/mol. The number of carbonyl (C=O) groups is 1. The molecule has 2 aliphatic carbocycles. The highest BCUT2D eigenvalue weighted by molar-refractivity contribution is 5.84. The molecule has 15 heavy (non-hydrogen) atoms. The first-order chi connectivity index (χ1) is 7.33. The van der Waals surface area contributed by atoms with Gasteiger partial charge in [0.05, 0.1) is 0 Å². The fourth-order valence-electron chi connectivity index (χ4n) is 3.17. The number of carbonyl (C=O) groups excluding carboxylic acids is 1. The molecule has 0 spiro atoms. The molecule has 1 amide bonds. The van der Waals surface area contributed by atoms with E-state index in [1.807, 2.05) is 6.92 Å². The van der Waals surface area contributed by atoms with E-state index in [0.717, 1.165) is 0 Å². The van der Waals surface area contributed by atoms with Crippen molar-refractivity contribution < 1.29 is 4.79 Å². The van der Waals surface area contributed by atoms with E-state index in [-0.39, 0.29) is 5.91 Å². The van der Waals surface area contributed by atoms with Gasteiger partial charge in [0, 0.05) is 18.5 Å². The van der Waals surface area contributed by atoms with Crippen LogP contribution in [0.15, 0.2) is 0 Å². The van der Waals surface area contributed by atoms with Gasteiger partial charge in [0.2, 0.25) is 5.91 Å². The van der Waals surface area contributed by atoms with E-state index >= 15 is 0 Å². The van der Waals surface area contributed by atoms with Gasteiger partial charge in [0.1, 0.15) is 0 Å². The van der Waals surface area contributed by atoms with Gasteiger partial charge in [0.15, 0.2) is 0 Å². The van der Waals surface area contributed by atoms with Gasteiger partial charge >= 0.3 is 0 Å². The zero-order valence-corrected chi connectivity index (χ0v) is 9.74. The molecule has 2 nitrogen and oxygen atoms in total. The fraction of sp³-hybridized carbons (Fsp3) is 0.846. The molecular weight excluding hydrogens is 186 g/mol. The molecule has 2 fully saturated rings. The Morgan fingerprint density at radius 1 is 1.00 bits per heavy atom. The molecule has 0 aromatic rings. The summed E-state index contributed by atoms with van der Waals surface area (Å²) in [7, 11) is 0. The van der Waals surface area contributed by atoms with E-state index in [0.29, 0.717) is 12.1 Å². The van der Waals surface area contributed by atoms with Crippen molar-refractivity contribution in [3.63, 3.8) is 0 Å². The van der Waals surface area contributed by atoms with Crippen molar-refractivity contribution in [3.05, 3.63) is 6.42 Å². The molecular formula is C13H22NO. The van der Waals surface area contributed by atoms with Gasteiger partial charge < -0.3 is 4.90 Å². The lowest BCUT2D eigenvalue weighted by molar-refractivity contribution is -0.132. The maximum Gasteiger partial charge on any atom is 0.226 e. The molecule has 2 saturated carbocycles. The summed E-state index contributed by atoms with van der Waals surface area (Å²) in [5.74, 6) is 0.272. The van der Waals surface area contributed by atoms with Crippen molar-refractivity contribution >= 4 is 5.91 Å². The van der Waals surface area contributed by atoms with Crippen LogP contribution >= 0.6 is 0 Å². The maximum atomic E-state index is 12.0. The average Bonchev–Trinajstić information content (AvgIpc) is 2.90. The van der Waals surface area contributed by atoms with Crippen LogP contribution in [0.4, 0.5) is 0 Å². The highest BCUT2D eigenvalue weighted by atomic mass is 16.2. The second-order valence-electron chi connectivity index (χ2n) is 4.91. The summed E-state index contributed by atoms with van der Waals surface area (Å²) < 4.78 is 0. The zero-order chi connectivity index (χ0) is 10.7. The Balaban J connectivity index is 2.03. The number of hydrogen-bond acceptors (Lipinski definition) is 1. The first-order valence-corrected chi connectivity index (χ1v) is 6.44. The molecule has 0 atom stereocenters. The molecule has 0 aliphatic heterocycles.